The van der Waals surface area contributed by atoms with Crippen molar-refractivity contribution in [2.24, 2.45) is 0 Å². The molecule has 0 unspecified atom stereocenters. The van der Waals surface area contributed by atoms with E-state index in [2.05, 4.69) is 0 Å². The number of nitrogens with zero attached hydrogens (tertiary/aromatic N) is 1. The summed E-state index contributed by atoms with van der Waals surface area (Å²) >= 11 is 5.90. The highest BCUT2D eigenvalue weighted by Gasteiger charge is 2.11. The second-order valence-electron chi connectivity index (χ2n) is 2.93. The molecule has 0 aliphatic carbocycles. The molecule has 0 aliphatic rings. The standard InChI is InChI=1S/C10H12ClNO3/c1-12(10(14)6-13)7-3-4-9(15-2)8(11)5-7/h3-5,13H,6H2,1-2H3. The number of likely N-dealkylation sites (N-methyl/N-ethyl adjacent to an activating group) is 1. The van der Waals surface area contributed by atoms with Gasteiger partial charge in [-0.05, 0) is 18.2 Å². The van der Waals surface area contributed by atoms with Gasteiger partial charge in [0.15, 0.2) is 0 Å². The molecule has 0 saturated carbocycles. The fraction of sp³-hybridized carbons (Fsp3) is 0.300. The largest absolute Gasteiger partial charge is 0.495 e. The molecule has 0 atom stereocenters. The van der Waals surface area contributed by atoms with Crippen molar-refractivity contribution in [3.05, 3.63) is 23.2 Å². The van der Waals surface area contributed by atoms with Crippen molar-refractivity contribution in [1.29, 1.82) is 0 Å². The normalized spacial score (nSPS) is 9.87. The first-order chi connectivity index (χ1) is 7.10. The van der Waals surface area contributed by atoms with E-state index in [0.717, 1.165) is 0 Å². The number of anilines is 1. The van der Waals surface area contributed by atoms with E-state index in [1.165, 1.54) is 12.0 Å². The average Bonchev–Trinajstić information content (AvgIpc) is 2.26. The highest BCUT2D eigenvalue weighted by molar-refractivity contribution is 6.32. The van der Waals surface area contributed by atoms with Gasteiger partial charge in [0.2, 0.25) is 0 Å². The lowest BCUT2D eigenvalue weighted by molar-refractivity contribution is -0.120. The second kappa shape index (κ2) is 5.00. The Morgan fingerprint density at radius 1 is 1.60 bits per heavy atom. The van der Waals surface area contributed by atoms with E-state index in [1.54, 1.807) is 25.2 Å². The number of ether oxygens (including phenoxy) is 1. The molecule has 0 bridgehead atoms. The Morgan fingerprint density at radius 2 is 2.27 bits per heavy atom. The lowest BCUT2D eigenvalue weighted by Crippen LogP contribution is -2.28. The second-order valence-corrected chi connectivity index (χ2v) is 3.34. The van der Waals surface area contributed by atoms with Crippen LogP contribution in [0.1, 0.15) is 0 Å². The van der Waals surface area contributed by atoms with Crippen LogP contribution in [0.15, 0.2) is 18.2 Å². The Hall–Kier alpha value is -1.26. The minimum absolute atomic E-state index is 0.392. The predicted molar refractivity (Wildman–Crippen MR) is 58.5 cm³/mol. The Labute approximate surface area is 93.0 Å². The lowest BCUT2D eigenvalue weighted by atomic mass is 10.3. The van der Waals surface area contributed by atoms with Crippen molar-refractivity contribution in [2.45, 2.75) is 0 Å². The van der Waals surface area contributed by atoms with Gasteiger partial charge < -0.3 is 14.7 Å². The van der Waals surface area contributed by atoms with Gasteiger partial charge in [0.05, 0.1) is 12.1 Å². The summed E-state index contributed by atoms with van der Waals surface area (Å²) in [5.41, 5.74) is 0.611. The van der Waals surface area contributed by atoms with Crippen molar-refractivity contribution in [2.75, 3.05) is 25.7 Å². The maximum Gasteiger partial charge on any atom is 0.252 e. The molecular weight excluding hydrogens is 218 g/mol. The smallest absolute Gasteiger partial charge is 0.252 e. The predicted octanol–water partition coefficient (Wildman–Crippen LogP) is 1.30. The van der Waals surface area contributed by atoms with E-state index in [1.807, 2.05) is 0 Å². The molecule has 1 aromatic carbocycles. The van der Waals surface area contributed by atoms with Crippen molar-refractivity contribution >= 4 is 23.2 Å². The molecule has 4 nitrogen and oxygen atoms in total. The van der Waals surface area contributed by atoms with Gasteiger partial charge >= 0.3 is 0 Å². The number of hydrogen-bond donors (Lipinski definition) is 1. The molecule has 15 heavy (non-hydrogen) atoms. The molecule has 0 heterocycles. The Bertz CT molecular complexity index is 368. The molecule has 1 rings (SSSR count). The molecule has 82 valence electrons. The van der Waals surface area contributed by atoms with Crippen LogP contribution in [-0.2, 0) is 4.79 Å². The highest BCUT2D eigenvalue weighted by Crippen LogP contribution is 2.28. The van der Waals surface area contributed by atoms with E-state index in [-0.39, 0.29) is 0 Å². The summed E-state index contributed by atoms with van der Waals surface area (Å²) in [6.07, 6.45) is 0. The molecule has 0 radical (unpaired) electrons. The first kappa shape index (κ1) is 11.8. The first-order valence-electron chi connectivity index (χ1n) is 4.31. The summed E-state index contributed by atoms with van der Waals surface area (Å²) in [6.45, 7) is -0.528. The number of halogens is 1. The summed E-state index contributed by atoms with van der Waals surface area (Å²) in [4.78, 5) is 12.5. The number of methoxy groups -OCH3 is 1. The van der Waals surface area contributed by atoms with Crippen LogP contribution in [0.5, 0.6) is 5.75 Å². The lowest BCUT2D eigenvalue weighted by Gasteiger charge is -2.16. The number of aliphatic hydroxyl groups excluding tert-OH is 1. The van der Waals surface area contributed by atoms with Crippen LogP contribution >= 0.6 is 11.6 Å². The quantitative estimate of drug-likeness (QED) is 0.850. The number of benzene rings is 1. The van der Waals surface area contributed by atoms with E-state index < -0.39 is 12.5 Å². The third kappa shape index (κ3) is 2.61. The van der Waals surface area contributed by atoms with Crippen molar-refractivity contribution in [1.82, 2.24) is 0 Å². The van der Waals surface area contributed by atoms with Gasteiger partial charge in [-0.3, -0.25) is 4.79 Å². The first-order valence-corrected chi connectivity index (χ1v) is 4.69. The van der Waals surface area contributed by atoms with Crippen LogP contribution in [0.4, 0.5) is 5.69 Å². The van der Waals surface area contributed by atoms with Gasteiger partial charge in [0.1, 0.15) is 12.4 Å². The third-order valence-corrected chi connectivity index (χ3v) is 2.33. The van der Waals surface area contributed by atoms with Gasteiger partial charge in [-0.15, -0.1) is 0 Å². The van der Waals surface area contributed by atoms with E-state index in [0.29, 0.717) is 16.5 Å². The summed E-state index contributed by atoms with van der Waals surface area (Å²) in [7, 11) is 3.08. The number of aliphatic hydroxyl groups is 1. The summed E-state index contributed by atoms with van der Waals surface area (Å²) in [5, 5.41) is 9.11. The summed E-state index contributed by atoms with van der Waals surface area (Å²) in [5.74, 6) is 0.154. The van der Waals surface area contributed by atoms with Gasteiger partial charge in [0.25, 0.3) is 5.91 Å². The van der Waals surface area contributed by atoms with Gasteiger partial charge in [-0.1, -0.05) is 11.6 Å². The highest BCUT2D eigenvalue weighted by atomic mass is 35.5. The Balaban J connectivity index is 2.97. The minimum Gasteiger partial charge on any atom is -0.495 e. The zero-order valence-corrected chi connectivity index (χ0v) is 9.28. The maximum atomic E-state index is 11.2. The topological polar surface area (TPSA) is 49.8 Å². The number of amides is 1. The van der Waals surface area contributed by atoms with Gasteiger partial charge in [-0.25, -0.2) is 0 Å². The van der Waals surface area contributed by atoms with Crippen LogP contribution in [-0.4, -0.2) is 31.8 Å². The van der Waals surface area contributed by atoms with Crippen molar-refractivity contribution in [3.63, 3.8) is 0 Å². The Morgan fingerprint density at radius 3 is 2.73 bits per heavy atom. The summed E-state index contributed by atoms with van der Waals surface area (Å²) < 4.78 is 4.98. The molecular formula is C10H12ClNO3. The van der Waals surface area contributed by atoms with Crippen LogP contribution in [0.25, 0.3) is 0 Å². The molecule has 0 aliphatic heterocycles. The molecule has 0 aromatic heterocycles. The van der Waals surface area contributed by atoms with Gasteiger partial charge in [0, 0.05) is 12.7 Å². The number of carbonyl (C=O) groups is 1. The van der Waals surface area contributed by atoms with E-state index in [9.17, 15) is 4.79 Å². The molecule has 5 heteroatoms. The fourth-order valence-electron chi connectivity index (χ4n) is 1.11. The van der Waals surface area contributed by atoms with Crippen molar-refractivity contribution in [3.8, 4) is 5.75 Å². The zero-order valence-electron chi connectivity index (χ0n) is 8.53. The molecule has 1 N–H and O–H groups in total. The summed E-state index contributed by atoms with van der Waals surface area (Å²) in [6, 6.07) is 4.96. The van der Waals surface area contributed by atoms with E-state index >= 15 is 0 Å². The number of carbonyl (C=O) groups excluding carboxylic acids is 1. The molecule has 1 aromatic rings. The van der Waals surface area contributed by atoms with Crippen LogP contribution in [0, 0.1) is 0 Å². The molecule has 1 amide bonds. The monoisotopic (exact) mass is 229 g/mol. The third-order valence-electron chi connectivity index (χ3n) is 2.03. The molecule has 0 fully saturated rings. The molecule has 0 saturated heterocycles. The number of hydrogen-bond acceptors (Lipinski definition) is 3. The van der Waals surface area contributed by atoms with Crippen LogP contribution < -0.4 is 9.64 Å². The Kier molecular flexibility index (Phi) is 3.94. The SMILES string of the molecule is COc1ccc(N(C)C(=O)CO)cc1Cl. The average molecular weight is 230 g/mol. The van der Waals surface area contributed by atoms with Crippen molar-refractivity contribution < 1.29 is 14.6 Å². The minimum atomic E-state index is -0.528. The molecule has 0 spiro atoms. The van der Waals surface area contributed by atoms with E-state index in [4.69, 9.17) is 21.4 Å². The zero-order chi connectivity index (χ0) is 11.4. The number of rotatable bonds is 3. The maximum absolute atomic E-state index is 11.2. The van der Waals surface area contributed by atoms with Gasteiger partial charge in [-0.2, -0.15) is 0 Å². The van der Waals surface area contributed by atoms with Crippen LogP contribution in [0.3, 0.4) is 0 Å². The van der Waals surface area contributed by atoms with Crippen LogP contribution in [0.2, 0.25) is 5.02 Å². The fourth-order valence-corrected chi connectivity index (χ4v) is 1.37.